The molecule has 0 aliphatic rings. The van der Waals surface area contributed by atoms with Gasteiger partial charge in [0, 0.05) is 16.3 Å². The highest BCUT2D eigenvalue weighted by molar-refractivity contribution is 9.10. The van der Waals surface area contributed by atoms with Crippen LogP contribution in [-0.4, -0.2) is 4.98 Å². The monoisotopic (exact) mass is 348 g/mol. The third-order valence-corrected chi connectivity index (χ3v) is 4.54. The van der Waals surface area contributed by atoms with Gasteiger partial charge in [-0.15, -0.1) is 11.8 Å². The maximum absolute atomic E-state index is 11.5. The highest BCUT2D eigenvalue weighted by Gasteiger charge is 2.09. The second-order valence-electron chi connectivity index (χ2n) is 4.49. The molecule has 1 N–H and O–H groups in total. The van der Waals surface area contributed by atoms with Crippen LogP contribution < -0.4 is 5.56 Å². The molecule has 0 saturated heterocycles. The van der Waals surface area contributed by atoms with Gasteiger partial charge in [-0.2, -0.15) is 5.26 Å². The van der Waals surface area contributed by atoms with Crippen molar-refractivity contribution in [1.29, 1.82) is 5.26 Å². The van der Waals surface area contributed by atoms with E-state index in [4.69, 9.17) is 0 Å². The minimum Gasteiger partial charge on any atom is -0.316 e. The molecule has 0 saturated carbocycles. The van der Waals surface area contributed by atoms with E-state index >= 15 is 0 Å². The number of aryl methyl sites for hydroxylation is 2. The maximum atomic E-state index is 11.5. The smallest absolute Gasteiger partial charge is 0.249 e. The molecular formula is C15H13BrN2OS. The van der Waals surface area contributed by atoms with Crippen LogP contribution in [0.15, 0.2) is 38.6 Å². The first-order chi connectivity index (χ1) is 9.51. The van der Waals surface area contributed by atoms with Gasteiger partial charge in [0.1, 0.15) is 6.07 Å². The Morgan fingerprint density at radius 3 is 2.75 bits per heavy atom. The molecule has 2 aromatic rings. The number of aromatic nitrogens is 1. The van der Waals surface area contributed by atoms with E-state index in [0.717, 1.165) is 4.47 Å². The van der Waals surface area contributed by atoms with Gasteiger partial charge in [0.25, 0.3) is 0 Å². The van der Waals surface area contributed by atoms with Gasteiger partial charge in [-0.25, -0.2) is 0 Å². The molecule has 0 bridgehead atoms. The van der Waals surface area contributed by atoms with Crippen LogP contribution in [0.25, 0.3) is 0 Å². The number of pyridine rings is 1. The number of aromatic amines is 1. The van der Waals surface area contributed by atoms with Crippen LogP contribution >= 0.6 is 27.7 Å². The molecule has 1 aromatic heterocycles. The Balaban J connectivity index is 2.30. The lowest BCUT2D eigenvalue weighted by atomic mass is 10.1. The number of hydrogen-bond donors (Lipinski definition) is 1. The molecule has 20 heavy (non-hydrogen) atoms. The third kappa shape index (κ3) is 3.33. The number of halogens is 1. The van der Waals surface area contributed by atoms with E-state index in [-0.39, 0.29) is 5.56 Å². The van der Waals surface area contributed by atoms with Gasteiger partial charge in [0.05, 0.1) is 10.6 Å². The second kappa shape index (κ2) is 6.29. The molecule has 0 aliphatic carbocycles. The second-order valence-corrected chi connectivity index (χ2v) is 6.39. The summed E-state index contributed by atoms with van der Waals surface area (Å²) < 4.78 is 1.02. The van der Waals surface area contributed by atoms with Gasteiger partial charge in [-0.1, -0.05) is 22.0 Å². The zero-order valence-corrected chi connectivity index (χ0v) is 13.6. The van der Waals surface area contributed by atoms with Crippen LogP contribution in [0.3, 0.4) is 0 Å². The minimum absolute atomic E-state index is 0.171. The Morgan fingerprint density at radius 1 is 1.30 bits per heavy atom. The molecule has 0 amide bonds. The number of thioether (sulfide) groups is 1. The Labute approximate surface area is 130 Å². The van der Waals surface area contributed by atoms with E-state index in [0.29, 0.717) is 21.9 Å². The molecule has 0 fully saturated rings. The lowest BCUT2D eigenvalue weighted by Crippen LogP contribution is -2.08. The number of nitrogens with zero attached hydrogens (tertiary/aromatic N) is 1. The summed E-state index contributed by atoms with van der Waals surface area (Å²) in [6, 6.07) is 9.71. The quantitative estimate of drug-likeness (QED) is 0.855. The first kappa shape index (κ1) is 14.9. The Kier molecular flexibility index (Phi) is 4.69. The molecule has 5 heteroatoms. The molecule has 1 heterocycles. The molecule has 0 spiro atoms. The van der Waals surface area contributed by atoms with E-state index < -0.39 is 0 Å². The first-order valence-electron chi connectivity index (χ1n) is 6.03. The molecule has 0 radical (unpaired) electrons. The summed E-state index contributed by atoms with van der Waals surface area (Å²) in [5.74, 6) is 0.708. The molecule has 3 nitrogen and oxygen atoms in total. The summed E-state index contributed by atoms with van der Waals surface area (Å²) in [7, 11) is 0. The number of H-pyrrole nitrogens is 1. The summed E-state index contributed by atoms with van der Waals surface area (Å²) in [5, 5.41) is 9.83. The third-order valence-electron chi connectivity index (χ3n) is 3.00. The Bertz CT molecular complexity index is 747. The van der Waals surface area contributed by atoms with E-state index in [1.54, 1.807) is 6.92 Å². The van der Waals surface area contributed by atoms with Crippen molar-refractivity contribution in [3.63, 3.8) is 0 Å². The van der Waals surface area contributed by atoms with Crippen LogP contribution in [0.4, 0.5) is 0 Å². The largest absolute Gasteiger partial charge is 0.316 e. The zero-order valence-electron chi connectivity index (χ0n) is 11.2. The average molecular weight is 349 g/mol. The molecule has 0 aliphatic heterocycles. The SMILES string of the molecule is Cc1ccc(Br)cc1CSc1[nH]c(=O)cc(C)c1C#N. The number of benzene rings is 1. The highest BCUT2D eigenvalue weighted by Crippen LogP contribution is 2.27. The lowest BCUT2D eigenvalue weighted by Gasteiger charge is -2.08. The van der Waals surface area contributed by atoms with Crippen molar-refractivity contribution in [2.45, 2.75) is 24.6 Å². The van der Waals surface area contributed by atoms with E-state index in [9.17, 15) is 10.1 Å². The molecule has 102 valence electrons. The van der Waals surface area contributed by atoms with Crippen LogP contribution in [0.2, 0.25) is 0 Å². The number of rotatable bonds is 3. The number of nitrogens with one attached hydrogen (secondary N) is 1. The maximum Gasteiger partial charge on any atom is 0.249 e. The molecule has 0 unspecified atom stereocenters. The van der Waals surface area contributed by atoms with Gasteiger partial charge in [-0.05, 0) is 42.7 Å². The normalized spacial score (nSPS) is 10.3. The van der Waals surface area contributed by atoms with Crippen molar-refractivity contribution in [2.24, 2.45) is 0 Å². The summed E-state index contributed by atoms with van der Waals surface area (Å²) in [5.41, 5.74) is 3.45. The minimum atomic E-state index is -0.171. The first-order valence-corrected chi connectivity index (χ1v) is 7.81. The summed E-state index contributed by atoms with van der Waals surface area (Å²) in [6.45, 7) is 3.83. The summed E-state index contributed by atoms with van der Waals surface area (Å²) in [6.07, 6.45) is 0. The lowest BCUT2D eigenvalue weighted by molar-refractivity contribution is 1.04. The van der Waals surface area contributed by atoms with Crippen LogP contribution in [0.1, 0.15) is 22.3 Å². The standard InChI is InChI=1S/C15H13BrN2OS/c1-9-3-4-12(16)6-11(9)8-20-15-13(7-17)10(2)5-14(19)18-15/h3-6H,8H2,1-2H3,(H,18,19). The Morgan fingerprint density at radius 2 is 2.05 bits per heavy atom. The summed E-state index contributed by atoms with van der Waals surface area (Å²) >= 11 is 4.93. The van der Waals surface area contributed by atoms with Crippen molar-refractivity contribution < 1.29 is 0 Å². The van der Waals surface area contributed by atoms with Crippen molar-refractivity contribution in [3.8, 4) is 6.07 Å². The summed E-state index contributed by atoms with van der Waals surface area (Å²) in [4.78, 5) is 14.3. The molecule has 0 atom stereocenters. The van der Waals surface area contributed by atoms with E-state index in [1.165, 1.54) is 29.0 Å². The van der Waals surface area contributed by atoms with Crippen molar-refractivity contribution in [1.82, 2.24) is 4.98 Å². The topological polar surface area (TPSA) is 56.6 Å². The van der Waals surface area contributed by atoms with Crippen molar-refractivity contribution in [2.75, 3.05) is 0 Å². The molecule has 2 rings (SSSR count). The molecule has 1 aromatic carbocycles. The van der Waals surface area contributed by atoms with Crippen LogP contribution in [-0.2, 0) is 5.75 Å². The van der Waals surface area contributed by atoms with E-state index in [2.05, 4.69) is 33.0 Å². The fourth-order valence-electron chi connectivity index (χ4n) is 1.85. The number of hydrogen-bond acceptors (Lipinski definition) is 3. The van der Waals surface area contributed by atoms with Gasteiger partial charge < -0.3 is 4.98 Å². The Hall–Kier alpha value is -1.51. The van der Waals surface area contributed by atoms with Gasteiger partial charge in [-0.3, -0.25) is 4.79 Å². The van der Waals surface area contributed by atoms with Crippen molar-refractivity contribution in [3.05, 3.63) is 61.3 Å². The predicted molar refractivity (Wildman–Crippen MR) is 85.0 cm³/mol. The van der Waals surface area contributed by atoms with E-state index in [1.807, 2.05) is 19.1 Å². The molecular weight excluding hydrogens is 336 g/mol. The highest BCUT2D eigenvalue weighted by atomic mass is 79.9. The average Bonchev–Trinajstić information content (AvgIpc) is 2.39. The fourth-order valence-corrected chi connectivity index (χ4v) is 3.39. The fraction of sp³-hybridized carbons (Fsp3) is 0.200. The zero-order chi connectivity index (χ0) is 14.7. The van der Waals surface area contributed by atoms with Gasteiger partial charge in [0.2, 0.25) is 5.56 Å². The number of nitriles is 1. The van der Waals surface area contributed by atoms with Crippen LogP contribution in [0.5, 0.6) is 0 Å². The van der Waals surface area contributed by atoms with Crippen molar-refractivity contribution >= 4 is 27.7 Å². The van der Waals surface area contributed by atoms with Crippen LogP contribution in [0, 0.1) is 25.2 Å². The van der Waals surface area contributed by atoms with Gasteiger partial charge >= 0.3 is 0 Å². The van der Waals surface area contributed by atoms with Gasteiger partial charge in [0.15, 0.2) is 0 Å². The predicted octanol–water partition coefficient (Wildman–Crippen LogP) is 3.92.